The minimum absolute atomic E-state index is 0.0134. The highest BCUT2D eigenvalue weighted by molar-refractivity contribution is 5.33. The van der Waals surface area contributed by atoms with Crippen LogP contribution in [0.5, 0.6) is 0 Å². The van der Waals surface area contributed by atoms with E-state index in [0.717, 1.165) is 26.1 Å². The summed E-state index contributed by atoms with van der Waals surface area (Å²) >= 11 is 0. The molecular weight excluding hydrogens is 262 g/mol. The van der Waals surface area contributed by atoms with E-state index in [1.165, 1.54) is 23.6 Å². The Bertz CT molecular complexity index is 678. The highest BCUT2D eigenvalue weighted by Gasteiger charge is 2.13. The summed E-state index contributed by atoms with van der Waals surface area (Å²) in [7, 11) is 0. The molecule has 0 aliphatic carbocycles. The molecule has 21 heavy (non-hydrogen) atoms. The Morgan fingerprint density at radius 1 is 1.05 bits per heavy atom. The van der Waals surface area contributed by atoms with Crippen LogP contribution < -0.4 is 11.3 Å². The zero-order chi connectivity index (χ0) is 14.7. The van der Waals surface area contributed by atoms with Crippen LogP contribution in [0, 0.1) is 0 Å². The second-order valence-corrected chi connectivity index (χ2v) is 5.64. The number of nitrogens with zero attached hydrogens (tertiary/aromatic N) is 2. The highest BCUT2D eigenvalue weighted by Crippen LogP contribution is 2.18. The number of nitrogens with two attached hydrogens (primary N) is 1. The molecule has 0 saturated carbocycles. The molecule has 0 spiro atoms. The van der Waals surface area contributed by atoms with Crippen molar-refractivity contribution in [3.8, 4) is 0 Å². The number of aromatic nitrogens is 1. The maximum absolute atomic E-state index is 11.8. The normalized spacial score (nSPS) is 15.4. The zero-order valence-electron chi connectivity index (χ0n) is 12.2. The standard InChI is InChI=1S/C17H21N3O/c18-16-7-8-17(21)20(13-16)11-10-19-9-3-6-14-4-1-2-5-15(14)12-19/h1-2,4-5,7-8,13H,3,6,9-12,18H2. The van der Waals surface area contributed by atoms with Crippen LogP contribution in [0.15, 0.2) is 47.4 Å². The number of aryl methyl sites for hydroxylation is 1. The average Bonchev–Trinajstić information content (AvgIpc) is 2.70. The van der Waals surface area contributed by atoms with Crippen LogP contribution in [0.2, 0.25) is 0 Å². The molecule has 2 N–H and O–H groups in total. The summed E-state index contributed by atoms with van der Waals surface area (Å²) in [5, 5.41) is 0. The Kier molecular flexibility index (Phi) is 4.06. The first-order valence-corrected chi connectivity index (χ1v) is 7.47. The van der Waals surface area contributed by atoms with E-state index in [9.17, 15) is 4.79 Å². The van der Waals surface area contributed by atoms with Gasteiger partial charge in [-0.25, -0.2) is 0 Å². The Morgan fingerprint density at radius 2 is 1.86 bits per heavy atom. The number of hydrogen-bond acceptors (Lipinski definition) is 3. The maximum atomic E-state index is 11.8. The van der Waals surface area contributed by atoms with Gasteiger partial charge in [0.1, 0.15) is 0 Å². The van der Waals surface area contributed by atoms with Gasteiger partial charge in [0.25, 0.3) is 5.56 Å². The molecule has 2 aromatic rings. The topological polar surface area (TPSA) is 51.3 Å². The van der Waals surface area contributed by atoms with Gasteiger partial charge < -0.3 is 10.3 Å². The van der Waals surface area contributed by atoms with Gasteiger partial charge in [-0.3, -0.25) is 9.69 Å². The first kappa shape index (κ1) is 13.9. The zero-order valence-corrected chi connectivity index (χ0v) is 12.2. The van der Waals surface area contributed by atoms with Crippen molar-refractivity contribution < 1.29 is 0 Å². The van der Waals surface area contributed by atoms with Crippen molar-refractivity contribution in [1.82, 2.24) is 9.47 Å². The first-order chi connectivity index (χ1) is 10.2. The summed E-state index contributed by atoms with van der Waals surface area (Å²) in [4.78, 5) is 14.2. The van der Waals surface area contributed by atoms with Gasteiger partial charge in [-0.1, -0.05) is 24.3 Å². The van der Waals surface area contributed by atoms with E-state index in [0.29, 0.717) is 12.2 Å². The maximum Gasteiger partial charge on any atom is 0.250 e. The monoisotopic (exact) mass is 283 g/mol. The van der Waals surface area contributed by atoms with Crippen molar-refractivity contribution >= 4 is 5.69 Å². The lowest BCUT2D eigenvalue weighted by Crippen LogP contribution is -2.30. The highest BCUT2D eigenvalue weighted by atomic mass is 16.1. The van der Waals surface area contributed by atoms with Gasteiger partial charge in [-0.15, -0.1) is 0 Å². The molecule has 110 valence electrons. The minimum Gasteiger partial charge on any atom is -0.398 e. The quantitative estimate of drug-likeness (QED) is 0.935. The lowest BCUT2D eigenvalue weighted by molar-refractivity contribution is 0.257. The fourth-order valence-electron chi connectivity index (χ4n) is 2.93. The van der Waals surface area contributed by atoms with Crippen molar-refractivity contribution in [3.05, 3.63) is 64.1 Å². The predicted molar refractivity (Wildman–Crippen MR) is 85.2 cm³/mol. The lowest BCUT2D eigenvalue weighted by atomic mass is 10.0. The third-order valence-corrected chi connectivity index (χ3v) is 4.10. The van der Waals surface area contributed by atoms with Crippen molar-refractivity contribution in [3.63, 3.8) is 0 Å². The molecule has 0 atom stereocenters. The van der Waals surface area contributed by atoms with Crippen LogP contribution in [0.4, 0.5) is 5.69 Å². The smallest absolute Gasteiger partial charge is 0.250 e. The van der Waals surface area contributed by atoms with Gasteiger partial charge in [-0.05, 0) is 36.6 Å². The van der Waals surface area contributed by atoms with Gasteiger partial charge in [0.15, 0.2) is 0 Å². The lowest BCUT2D eigenvalue weighted by Gasteiger charge is -2.21. The van der Waals surface area contributed by atoms with E-state index in [4.69, 9.17) is 5.73 Å². The molecule has 1 aromatic carbocycles. The molecule has 1 aliphatic rings. The molecule has 0 radical (unpaired) electrons. The molecule has 2 heterocycles. The molecule has 0 amide bonds. The van der Waals surface area contributed by atoms with Crippen LogP contribution >= 0.6 is 0 Å². The molecule has 4 heteroatoms. The second kappa shape index (κ2) is 6.14. The number of rotatable bonds is 3. The summed E-state index contributed by atoms with van der Waals surface area (Å²) in [6, 6.07) is 11.8. The van der Waals surface area contributed by atoms with E-state index < -0.39 is 0 Å². The summed E-state index contributed by atoms with van der Waals surface area (Å²) in [6.07, 6.45) is 4.04. The molecule has 0 saturated heterocycles. The first-order valence-electron chi connectivity index (χ1n) is 7.47. The van der Waals surface area contributed by atoms with Crippen molar-refractivity contribution in [2.75, 3.05) is 18.8 Å². The van der Waals surface area contributed by atoms with E-state index >= 15 is 0 Å². The Morgan fingerprint density at radius 3 is 2.71 bits per heavy atom. The summed E-state index contributed by atoms with van der Waals surface area (Å²) in [5.74, 6) is 0. The van der Waals surface area contributed by atoms with E-state index in [-0.39, 0.29) is 5.56 Å². The largest absolute Gasteiger partial charge is 0.398 e. The number of pyridine rings is 1. The molecule has 0 unspecified atom stereocenters. The number of anilines is 1. The second-order valence-electron chi connectivity index (χ2n) is 5.64. The van der Waals surface area contributed by atoms with E-state index in [1.54, 1.807) is 16.8 Å². The minimum atomic E-state index is 0.0134. The fraction of sp³-hybridized carbons (Fsp3) is 0.353. The van der Waals surface area contributed by atoms with Crippen LogP contribution in [-0.4, -0.2) is 22.6 Å². The van der Waals surface area contributed by atoms with E-state index in [2.05, 4.69) is 29.2 Å². The molecule has 1 aromatic heterocycles. The third-order valence-electron chi connectivity index (χ3n) is 4.10. The number of hydrogen-bond donors (Lipinski definition) is 1. The predicted octanol–water partition coefficient (Wildman–Crippen LogP) is 1.88. The number of fused-ring (bicyclic) bond motifs is 1. The van der Waals surface area contributed by atoms with E-state index in [1.807, 2.05) is 0 Å². The Hall–Kier alpha value is -2.07. The number of nitrogen functional groups attached to an aromatic ring is 1. The van der Waals surface area contributed by atoms with Crippen LogP contribution in [0.3, 0.4) is 0 Å². The SMILES string of the molecule is Nc1ccc(=O)n(CCN2CCCc3ccccc3C2)c1. The van der Waals surface area contributed by atoms with Crippen LogP contribution in [0.1, 0.15) is 17.5 Å². The number of benzene rings is 1. The van der Waals surface area contributed by atoms with Gasteiger partial charge in [-0.2, -0.15) is 0 Å². The molecular formula is C17H21N3O. The van der Waals surface area contributed by atoms with Crippen molar-refractivity contribution in [2.45, 2.75) is 25.9 Å². The van der Waals surface area contributed by atoms with Crippen LogP contribution in [0.25, 0.3) is 0 Å². The van der Waals surface area contributed by atoms with Crippen LogP contribution in [-0.2, 0) is 19.5 Å². The molecule has 1 aliphatic heterocycles. The van der Waals surface area contributed by atoms with Gasteiger partial charge in [0.05, 0.1) is 0 Å². The molecule has 0 bridgehead atoms. The Balaban J connectivity index is 1.68. The third kappa shape index (κ3) is 3.34. The van der Waals surface area contributed by atoms with Gasteiger partial charge in [0, 0.05) is 37.6 Å². The summed E-state index contributed by atoms with van der Waals surface area (Å²) in [5.41, 5.74) is 9.27. The van der Waals surface area contributed by atoms with Crippen molar-refractivity contribution in [1.29, 1.82) is 0 Å². The molecule has 3 rings (SSSR count). The molecule has 0 fully saturated rings. The van der Waals surface area contributed by atoms with Gasteiger partial charge in [0.2, 0.25) is 0 Å². The average molecular weight is 283 g/mol. The van der Waals surface area contributed by atoms with Crippen molar-refractivity contribution in [2.24, 2.45) is 0 Å². The molecule has 4 nitrogen and oxygen atoms in total. The summed E-state index contributed by atoms with van der Waals surface area (Å²) < 4.78 is 1.70. The fourth-order valence-corrected chi connectivity index (χ4v) is 2.93. The Labute approximate surface area is 124 Å². The summed E-state index contributed by atoms with van der Waals surface area (Å²) in [6.45, 7) is 3.60. The van der Waals surface area contributed by atoms with Gasteiger partial charge >= 0.3 is 0 Å².